The fourth-order valence-corrected chi connectivity index (χ4v) is 3.22. The molecule has 9 nitrogen and oxygen atoms in total. The van der Waals surface area contributed by atoms with E-state index in [0.717, 1.165) is 0 Å². The van der Waals surface area contributed by atoms with Gasteiger partial charge in [0, 0.05) is 5.69 Å². The Hall–Kier alpha value is -2.81. The first-order valence-corrected chi connectivity index (χ1v) is 11.2. The first-order valence-electron chi connectivity index (χ1n) is 10.8. The van der Waals surface area contributed by atoms with Gasteiger partial charge in [0.25, 0.3) is 0 Å². The van der Waals surface area contributed by atoms with Gasteiger partial charge in [0.15, 0.2) is 0 Å². The Morgan fingerprint density at radius 2 is 1.19 bits per heavy atom. The lowest BCUT2D eigenvalue weighted by Crippen LogP contribution is -2.22. The molecule has 0 saturated heterocycles. The molecule has 0 atom stereocenters. The lowest BCUT2D eigenvalue weighted by Gasteiger charge is -2.10. The molecule has 10 heteroatoms. The summed E-state index contributed by atoms with van der Waals surface area (Å²) in [4.78, 5) is 49.2. The predicted octanol–water partition coefficient (Wildman–Crippen LogP) is 3.50. The lowest BCUT2D eigenvalue weighted by molar-refractivity contribution is 0.0512. The molecule has 2 aromatic heterocycles. The third kappa shape index (κ3) is 7.12. The standard InChI is InChI=1S/C11H15ClN2O2.C11H16N2O3/c1-4-7-9(10(15)16-6-3)8(5-2)14-11(12)13-7;1-4-7-9(10(14)16-6-3)8(5-2)13-11(15)12-7/h4-6H2,1-3H3;4-6H2,1-3H3,(H,12,13,15). The molecule has 0 bridgehead atoms. The summed E-state index contributed by atoms with van der Waals surface area (Å²) in [6, 6.07) is 0. The van der Waals surface area contributed by atoms with Crippen LogP contribution in [-0.4, -0.2) is 45.1 Å². The van der Waals surface area contributed by atoms with Crippen LogP contribution in [0.15, 0.2) is 4.79 Å². The Morgan fingerprint density at radius 1 is 0.750 bits per heavy atom. The molecule has 0 saturated carbocycles. The number of nitrogens with one attached hydrogen (secondary N) is 1. The molecular weight excluding hydrogens is 436 g/mol. The zero-order valence-electron chi connectivity index (χ0n) is 19.5. The summed E-state index contributed by atoms with van der Waals surface area (Å²) >= 11 is 5.79. The average Bonchev–Trinajstić information content (AvgIpc) is 2.78. The van der Waals surface area contributed by atoms with Crippen molar-refractivity contribution in [3.63, 3.8) is 0 Å². The van der Waals surface area contributed by atoms with Crippen LogP contribution in [-0.2, 0) is 35.2 Å². The van der Waals surface area contributed by atoms with Gasteiger partial charge in [-0.1, -0.05) is 27.7 Å². The number of halogens is 1. The van der Waals surface area contributed by atoms with Crippen LogP contribution in [0.3, 0.4) is 0 Å². The second-order valence-electron chi connectivity index (χ2n) is 6.46. The van der Waals surface area contributed by atoms with E-state index in [1.54, 1.807) is 13.8 Å². The minimum Gasteiger partial charge on any atom is -0.462 e. The molecule has 32 heavy (non-hydrogen) atoms. The van der Waals surface area contributed by atoms with Crippen LogP contribution in [0.1, 0.15) is 85.0 Å². The number of nitrogens with zero attached hydrogens (tertiary/aromatic N) is 3. The SMILES string of the molecule is CCOC(=O)c1c(CC)nc(=O)[nH]c1CC.CCOC(=O)c1c(CC)nc(Cl)nc1CC. The summed E-state index contributed by atoms with van der Waals surface area (Å²) in [5, 5.41) is 0.182. The van der Waals surface area contributed by atoms with Crippen molar-refractivity contribution in [1.29, 1.82) is 0 Å². The fourth-order valence-electron chi connectivity index (χ4n) is 3.01. The van der Waals surface area contributed by atoms with Crippen LogP contribution >= 0.6 is 11.6 Å². The molecule has 0 radical (unpaired) electrons. The first-order chi connectivity index (χ1) is 15.3. The number of ether oxygens (including phenoxy) is 2. The Bertz CT molecular complexity index is 938. The third-order valence-electron chi connectivity index (χ3n) is 4.43. The summed E-state index contributed by atoms with van der Waals surface area (Å²) in [5.74, 6) is -0.784. The molecule has 176 valence electrons. The van der Waals surface area contributed by atoms with Crippen molar-refractivity contribution in [2.75, 3.05) is 13.2 Å². The summed E-state index contributed by atoms with van der Waals surface area (Å²) in [7, 11) is 0. The van der Waals surface area contributed by atoms with Gasteiger partial charge in [0.2, 0.25) is 5.28 Å². The second kappa shape index (κ2) is 13.6. The van der Waals surface area contributed by atoms with Gasteiger partial charge in [-0.05, 0) is 51.1 Å². The normalized spacial score (nSPS) is 10.2. The van der Waals surface area contributed by atoms with E-state index in [4.69, 9.17) is 21.1 Å². The number of carbonyl (C=O) groups is 2. The van der Waals surface area contributed by atoms with Crippen LogP contribution in [0, 0.1) is 0 Å². The van der Waals surface area contributed by atoms with Gasteiger partial charge < -0.3 is 14.5 Å². The van der Waals surface area contributed by atoms with E-state index < -0.39 is 11.7 Å². The van der Waals surface area contributed by atoms with Gasteiger partial charge in [-0.3, -0.25) is 0 Å². The highest BCUT2D eigenvalue weighted by atomic mass is 35.5. The highest BCUT2D eigenvalue weighted by Crippen LogP contribution is 2.17. The Balaban J connectivity index is 0.000000320. The van der Waals surface area contributed by atoms with E-state index in [1.165, 1.54) is 0 Å². The molecule has 1 N–H and O–H groups in total. The number of carbonyl (C=O) groups excluding carboxylic acids is 2. The molecule has 0 aliphatic rings. The maximum absolute atomic E-state index is 11.8. The lowest BCUT2D eigenvalue weighted by atomic mass is 10.1. The average molecular weight is 467 g/mol. The number of aryl methyl sites for hydroxylation is 4. The van der Waals surface area contributed by atoms with Gasteiger partial charge in [-0.2, -0.15) is 4.98 Å². The summed E-state index contributed by atoms with van der Waals surface area (Å²) in [5.41, 5.74) is 2.85. The number of esters is 2. The van der Waals surface area contributed by atoms with Crippen molar-refractivity contribution in [3.8, 4) is 0 Å². The van der Waals surface area contributed by atoms with Gasteiger partial charge in [0.1, 0.15) is 11.1 Å². The molecule has 2 aromatic rings. The molecule has 2 rings (SSSR count). The highest BCUT2D eigenvalue weighted by molar-refractivity contribution is 6.28. The van der Waals surface area contributed by atoms with Gasteiger partial charge >= 0.3 is 17.6 Å². The van der Waals surface area contributed by atoms with E-state index in [1.807, 2.05) is 27.7 Å². The monoisotopic (exact) mass is 466 g/mol. The van der Waals surface area contributed by atoms with Gasteiger partial charge in [-0.25, -0.2) is 24.4 Å². The molecule has 0 aromatic carbocycles. The Morgan fingerprint density at radius 3 is 1.59 bits per heavy atom. The largest absolute Gasteiger partial charge is 0.462 e. The molecule has 0 fully saturated rings. The van der Waals surface area contributed by atoms with Crippen molar-refractivity contribution in [2.24, 2.45) is 0 Å². The predicted molar refractivity (Wildman–Crippen MR) is 121 cm³/mol. The molecule has 0 unspecified atom stereocenters. The van der Waals surface area contributed by atoms with Crippen LogP contribution in [0.2, 0.25) is 5.28 Å². The molecule has 0 aliphatic heterocycles. The van der Waals surface area contributed by atoms with Crippen molar-refractivity contribution >= 4 is 23.5 Å². The zero-order chi connectivity index (χ0) is 24.3. The van der Waals surface area contributed by atoms with E-state index in [9.17, 15) is 14.4 Å². The second-order valence-corrected chi connectivity index (χ2v) is 6.80. The first kappa shape index (κ1) is 27.2. The number of hydrogen-bond donors (Lipinski definition) is 1. The summed E-state index contributed by atoms with van der Waals surface area (Å²) < 4.78 is 9.94. The molecule has 2 heterocycles. The Kier molecular flexibility index (Phi) is 11.5. The van der Waals surface area contributed by atoms with Crippen LogP contribution in [0.5, 0.6) is 0 Å². The fraction of sp³-hybridized carbons (Fsp3) is 0.545. The number of aromatic nitrogens is 4. The highest BCUT2D eigenvalue weighted by Gasteiger charge is 2.20. The van der Waals surface area contributed by atoms with E-state index in [0.29, 0.717) is 72.8 Å². The molecule has 0 amide bonds. The summed E-state index contributed by atoms with van der Waals surface area (Å²) in [6.45, 7) is 11.7. The summed E-state index contributed by atoms with van der Waals surface area (Å²) in [6.07, 6.45) is 2.36. The number of H-pyrrole nitrogens is 1. The molecular formula is C22H31ClN4O5. The van der Waals surface area contributed by atoms with Gasteiger partial charge in [0.05, 0.1) is 30.3 Å². The van der Waals surface area contributed by atoms with Crippen molar-refractivity contribution < 1.29 is 19.1 Å². The maximum Gasteiger partial charge on any atom is 0.345 e. The molecule has 0 aliphatic carbocycles. The van der Waals surface area contributed by atoms with Crippen LogP contribution < -0.4 is 5.69 Å². The minimum atomic E-state index is -0.417. The van der Waals surface area contributed by atoms with E-state index in [2.05, 4.69) is 19.9 Å². The van der Waals surface area contributed by atoms with E-state index >= 15 is 0 Å². The quantitative estimate of drug-likeness (QED) is 0.463. The number of hydrogen-bond acceptors (Lipinski definition) is 8. The van der Waals surface area contributed by atoms with Crippen LogP contribution in [0.25, 0.3) is 0 Å². The number of rotatable bonds is 8. The molecule has 0 spiro atoms. The van der Waals surface area contributed by atoms with Crippen molar-refractivity contribution in [2.45, 2.75) is 67.2 Å². The topological polar surface area (TPSA) is 124 Å². The smallest absolute Gasteiger partial charge is 0.345 e. The van der Waals surface area contributed by atoms with Crippen LogP contribution in [0.4, 0.5) is 0 Å². The zero-order valence-corrected chi connectivity index (χ0v) is 20.3. The Labute approximate surface area is 192 Å². The minimum absolute atomic E-state index is 0.182. The van der Waals surface area contributed by atoms with Crippen molar-refractivity contribution in [1.82, 2.24) is 19.9 Å². The number of aromatic amines is 1. The van der Waals surface area contributed by atoms with Crippen molar-refractivity contribution in [3.05, 3.63) is 49.7 Å². The maximum atomic E-state index is 11.8. The van der Waals surface area contributed by atoms with E-state index in [-0.39, 0.29) is 11.3 Å². The third-order valence-corrected chi connectivity index (χ3v) is 4.60. The van der Waals surface area contributed by atoms with Gasteiger partial charge in [-0.15, -0.1) is 0 Å².